The molecular weight excluding hydrogens is 486 g/mol. The third kappa shape index (κ3) is 5.85. The zero-order chi connectivity index (χ0) is 25.8. The van der Waals surface area contributed by atoms with Gasteiger partial charge in [0.05, 0.1) is 17.0 Å². The number of nitrogens with one attached hydrogen (secondary N) is 2. The lowest BCUT2D eigenvalue weighted by Crippen LogP contribution is -2.44. The molecule has 10 heteroatoms. The molecule has 0 aliphatic carbocycles. The lowest BCUT2D eigenvalue weighted by Gasteiger charge is -2.34. The SMILES string of the molecule is CCS(=O)(=O)Nc1ccccc1C#Cc1cccn2nc(Nc3cccc(N4CCN(C)CC4)c3)nc12. The minimum absolute atomic E-state index is 0.0120. The van der Waals surface area contributed by atoms with Gasteiger partial charge in [0.2, 0.25) is 16.0 Å². The summed E-state index contributed by atoms with van der Waals surface area (Å²) in [5, 5.41) is 7.89. The summed E-state index contributed by atoms with van der Waals surface area (Å²) in [5.41, 5.74) is 4.41. The summed E-state index contributed by atoms with van der Waals surface area (Å²) in [6.45, 7) is 5.68. The number of anilines is 4. The second-order valence-electron chi connectivity index (χ2n) is 8.89. The third-order valence-electron chi connectivity index (χ3n) is 6.24. The number of para-hydroxylation sites is 1. The van der Waals surface area contributed by atoms with E-state index in [1.807, 2.05) is 36.5 Å². The molecule has 4 aromatic rings. The Balaban J connectivity index is 1.39. The number of rotatable bonds is 6. The molecule has 2 aromatic heterocycles. The van der Waals surface area contributed by atoms with Crippen LogP contribution >= 0.6 is 0 Å². The number of hydrogen-bond acceptors (Lipinski definition) is 7. The maximum atomic E-state index is 12.1. The number of piperazine rings is 1. The van der Waals surface area contributed by atoms with Crippen molar-refractivity contribution in [3.8, 4) is 11.8 Å². The second kappa shape index (κ2) is 10.5. The van der Waals surface area contributed by atoms with Gasteiger partial charge in [0.25, 0.3) is 0 Å². The number of hydrogen-bond donors (Lipinski definition) is 2. The van der Waals surface area contributed by atoms with E-state index in [0.717, 1.165) is 31.9 Å². The molecule has 2 aromatic carbocycles. The molecule has 9 nitrogen and oxygen atoms in total. The Labute approximate surface area is 217 Å². The average Bonchev–Trinajstić information content (AvgIpc) is 3.31. The monoisotopic (exact) mass is 515 g/mol. The highest BCUT2D eigenvalue weighted by Gasteiger charge is 2.15. The highest BCUT2D eigenvalue weighted by Crippen LogP contribution is 2.23. The fourth-order valence-electron chi connectivity index (χ4n) is 4.09. The predicted molar refractivity (Wildman–Crippen MR) is 148 cm³/mol. The van der Waals surface area contributed by atoms with Crippen molar-refractivity contribution in [1.82, 2.24) is 19.5 Å². The summed E-state index contributed by atoms with van der Waals surface area (Å²) >= 11 is 0. The van der Waals surface area contributed by atoms with Crippen LogP contribution in [0.5, 0.6) is 0 Å². The molecular formula is C27H29N7O2S. The number of likely N-dealkylation sites (N-methyl/N-ethyl adjacent to an activating group) is 1. The minimum atomic E-state index is -3.41. The number of pyridine rings is 1. The largest absolute Gasteiger partial charge is 0.369 e. The topological polar surface area (TPSA) is 94.9 Å². The number of fused-ring (bicyclic) bond motifs is 1. The fraction of sp³-hybridized carbons (Fsp3) is 0.259. The van der Waals surface area contributed by atoms with Gasteiger partial charge in [0.1, 0.15) is 0 Å². The first kappa shape index (κ1) is 24.6. The van der Waals surface area contributed by atoms with Crippen molar-refractivity contribution in [2.24, 2.45) is 0 Å². The van der Waals surface area contributed by atoms with Gasteiger partial charge in [-0.25, -0.2) is 12.9 Å². The summed E-state index contributed by atoms with van der Waals surface area (Å²) in [4.78, 5) is 9.39. The third-order valence-corrected chi connectivity index (χ3v) is 7.53. The van der Waals surface area contributed by atoms with E-state index in [4.69, 9.17) is 0 Å². The van der Waals surface area contributed by atoms with E-state index in [-0.39, 0.29) is 5.75 Å². The number of benzene rings is 2. The highest BCUT2D eigenvalue weighted by atomic mass is 32.2. The zero-order valence-electron chi connectivity index (χ0n) is 20.8. The van der Waals surface area contributed by atoms with Gasteiger partial charge in [-0.3, -0.25) is 4.72 Å². The molecule has 2 N–H and O–H groups in total. The molecule has 0 unspecified atom stereocenters. The quantitative estimate of drug-likeness (QED) is 0.380. The van der Waals surface area contributed by atoms with Crippen molar-refractivity contribution < 1.29 is 8.42 Å². The number of sulfonamides is 1. The van der Waals surface area contributed by atoms with Gasteiger partial charge in [0.15, 0.2) is 5.65 Å². The summed E-state index contributed by atoms with van der Waals surface area (Å²) in [7, 11) is -1.26. The Hall–Kier alpha value is -4.07. The summed E-state index contributed by atoms with van der Waals surface area (Å²) in [6.07, 6.45) is 1.82. The molecule has 1 saturated heterocycles. The summed E-state index contributed by atoms with van der Waals surface area (Å²) in [6, 6.07) is 19.1. The molecule has 0 spiro atoms. The molecule has 5 rings (SSSR count). The van der Waals surface area contributed by atoms with Crippen LogP contribution in [0, 0.1) is 11.8 Å². The van der Waals surface area contributed by atoms with Crippen molar-refractivity contribution in [2.45, 2.75) is 6.92 Å². The van der Waals surface area contributed by atoms with Crippen LogP contribution in [0.2, 0.25) is 0 Å². The Morgan fingerprint density at radius 1 is 0.946 bits per heavy atom. The molecule has 0 bridgehead atoms. The summed E-state index contributed by atoms with van der Waals surface area (Å²) in [5.74, 6) is 6.68. The van der Waals surface area contributed by atoms with Crippen molar-refractivity contribution in [2.75, 3.05) is 53.9 Å². The first-order chi connectivity index (χ1) is 17.9. The van der Waals surface area contributed by atoms with Crippen LogP contribution < -0.4 is 14.9 Å². The molecule has 37 heavy (non-hydrogen) atoms. The molecule has 0 saturated carbocycles. The standard InChI is InChI=1S/C27H29N7O2S/c1-3-37(35,36)31-25-12-5-4-8-21(25)13-14-22-9-7-15-34-26(22)29-27(30-34)28-23-10-6-11-24(20-23)33-18-16-32(2)17-19-33/h4-12,15,20,31H,3,16-19H2,1-2H3,(H,28,30). The Morgan fingerprint density at radius 3 is 2.51 bits per heavy atom. The average molecular weight is 516 g/mol. The van der Waals surface area contributed by atoms with Crippen LogP contribution in [-0.2, 0) is 10.0 Å². The first-order valence-electron chi connectivity index (χ1n) is 12.2. The first-order valence-corrected chi connectivity index (χ1v) is 13.8. The van der Waals surface area contributed by atoms with E-state index in [0.29, 0.717) is 28.4 Å². The van der Waals surface area contributed by atoms with Gasteiger partial charge in [0, 0.05) is 49.3 Å². The maximum absolute atomic E-state index is 12.1. The lowest BCUT2D eigenvalue weighted by molar-refractivity contribution is 0.313. The highest BCUT2D eigenvalue weighted by molar-refractivity contribution is 7.92. The van der Waals surface area contributed by atoms with E-state index in [1.165, 1.54) is 5.69 Å². The van der Waals surface area contributed by atoms with Crippen molar-refractivity contribution in [3.05, 3.63) is 78.0 Å². The molecule has 0 atom stereocenters. The molecule has 3 heterocycles. The number of aromatic nitrogens is 3. The van der Waals surface area contributed by atoms with Crippen LogP contribution in [0.1, 0.15) is 18.1 Å². The van der Waals surface area contributed by atoms with Gasteiger partial charge < -0.3 is 15.1 Å². The normalized spacial score (nSPS) is 14.3. The Morgan fingerprint density at radius 2 is 1.70 bits per heavy atom. The van der Waals surface area contributed by atoms with Gasteiger partial charge in [-0.2, -0.15) is 4.98 Å². The van der Waals surface area contributed by atoms with Gasteiger partial charge in [-0.15, -0.1) is 5.10 Å². The van der Waals surface area contributed by atoms with E-state index in [1.54, 1.807) is 29.6 Å². The zero-order valence-corrected chi connectivity index (χ0v) is 21.7. The fourth-order valence-corrected chi connectivity index (χ4v) is 4.74. The van der Waals surface area contributed by atoms with E-state index in [2.05, 4.69) is 60.9 Å². The maximum Gasteiger partial charge on any atom is 0.247 e. The van der Waals surface area contributed by atoms with E-state index < -0.39 is 10.0 Å². The summed E-state index contributed by atoms with van der Waals surface area (Å²) < 4.78 is 28.4. The van der Waals surface area contributed by atoms with Crippen molar-refractivity contribution in [3.63, 3.8) is 0 Å². The van der Waals surface area contributed by atoms with Crippen LogP contribution in [-0.4, -0.2) is 66.9 Å². The lowest BCUT2D eigenvalue weighted by atomic mass is 10.1. The molecule has 0 amide bonds. The molecule has 1 aliphatic heterocycles. The molecule has 0 radical (unpaired) electrons. The Bertz CT molecular complexity index is 1580. The van der Waals surface area contributed by atoms with Crippen molar-refractivity contribution >= 4 is 38.7 Å². The minimum Gasteiger partial charge on any atom is -0.369 e. The predicted octanol–water partition coefficient (Wildman–Crippen LogP) is 3.39. The second-order valence-corrected chi connectivity index (χ2v) is 10.9. The molecule has 1 aliphatic rings. The van der Waals surface area contributed by atoms with Crippen LogP contribution in [0.4, 0.5) is 23.0 Å². The van der Waals surface area contributed by atoms with Gasteiger partial charge in [-0.05, 0) is 56.4 Å². The van der Waals surface area contributed by atoms with Gasteiger partial charge >= 0.3 is 0 Å². The number of nitrogens with zero attached hydrogens (tertiary/aromatic N) is 5. The molecule has 190 valence electrons. The van der Waals surface area contributed by atoms with Gasteiger partial charge in [-0.1, -0.05) is 30.0 Å². The Kier molecular flexibility index (Phi) is 6.99. The van der Waals surface area contributed by atoms with E-state index in [9.17, 15) is 8.42 Å². The van der Waals surface area contributed by atoms with Crippen molar-refractivity contribution in [1.29, 1.82) is 0 Å². The van der Waals surface area contributed by atoms with Crippen LogP contribution in [0.3, 0.4) is 0 Å². The van der Waals surface area contributed by atoms with E-state index >= 15 is 0 Å². The molecule has 1 fully saturated rings. The van der Waals surface area contributed by atoms with Crippen LogP contribution in [0.25, 0.3) is 5.65 Å². The smallest absolute Gasteiger partial charge is 0.247 e. The van der Waals surface area contributed by atoms with Crippen LogP contribution in [0.15, 0.2) is 66.9 Å².